The molecule has 0 aromatic carbocycles. The molecule has 0 aromatic rings. The minimum absolute atomic E-state index is 0. The molecule has 0 atom stereocenters. The van der Waals surface area contributed by atoms with Crippen LogP contribution >= 0.6 is 37.9 Å². The molecule has 52 valence electrons. The fourth-order valence-electron chi connectivity index (χ4n) is 0. The van der Waals surface area contributed by atoms with E-state index in [0.29, 0.717) is 0 Å². The first-order chi connectivity index (χ1) is 4.24. The number of hydrogen-bond donors (Lipinski definition) is 3. The summed E-state index contributed by atoms with van der Waals surface area (Å²) < 4.78 is 0. The average molecular weight is 219 g/mol. The van der Waals surface area contributed by atoms with Crippen molar-refractivity contribution in [2.45, 2.75) is 0 Å². The maximum Gasteiger partial charge on any atom is 2.00 e. The second kappa shape index (κ2) is 52.8. The van der Waals surface area contributed by atoms with E-state index in [4.69, 9.17) is 15.8 Å². The van der Waals surface area contributed by atoms with E-state index in [0.717, 1.165) is 0 Å². The summed E-state index contributed by atoms with van der Waals surface area (Å²) in [6.45, 7) is 0. The molecule has 0 heterocycles. The van der Waals surface area contributed by atoms with Crippen molar-refractivity contribution in [2.75, 3.05) is 0 Å². The Balaban J connectivity index is -0.00000001000. The van der Waals surface area contributed by atoms with Crippen molar-refractivity contribution in [3.63, 3.8) is 0 Å². The van der Waals surface area contributed by atoms with E-state index in [1.807, 2.05) is 0 Å². The van der Waals surface area contributed by atoms with E-state index < -0.39 is 0 Å². The maximum atomic E-state index is 7.18. The SMILES string of the molecule is N#CS.N#CS.N#CS.[Ca+2].[H-].[H-]. The van der Waals surface area contributed by atoms with E-state index in [9.17, 15) is 0 Å². The van der Waals surface area contributed by atoms with Gasteiger partial charge in [0.25, 0.3) is 0 Å². The van der Waals surface area contributed by atoms with E-state index in [1.165, 1.54) is 16.2 Å². The van der Waals surface area contributed by atoms with Gasteiger partial charge in [-0.05, 0) is 0 Å². The van der Waals surface area contributed by atoms with Gasteiger partial charge in [0.2, 0.25) is 0 Å². The van der Waals surface area contributed by atoms with Gasteiger partial charge in [-0.25, -0.2) is 0 Å². The third kappa shape index (κ3) is 874. The van der Waals surface area contributed by atoms with E-state index in [2.05, 4.69) is 37.9 Å². The number of hydrogen-bond acceptors (Lipinski definition) is 6. The first-order valence-corrected chi connectivity index (χ1v) is 2.68. The standard InChI is InChI=1S/3CHNS.Ca.2H/c3*2-1-3;;;/h3*3H;;;/q;;;+2;2*-1. The van der Waals surface area contributed by atoms with Gasteiger partial charge in [0.1, 0.15) is 16.2 Å². The van der Waals surface area contributed by atoms with Gasteiger partial charge in [0.05, 0.1) is 0 Å². The molecular weight excluding hydrogens is 214 g/mol. The Morgan fingerprint density at radius 3 is 0.800 bits per heavy atom. The van der Waals surface area contributed by atoms with Gasteiger partial charge in [0.15, 0.2) is 0 Å². The molecule has 0 aliphatic rings. The Bertz CT molecular complexity index is 120. The molecule has 0 saturated heterocycles. The third-order valence-electron chi connectivity index (χ3n) is 0. The zero-order valence-electron chi connectivity index (χ0n) is 6.89. The minimum atomic E-state index is 0. The smallest absolute Gasteiger partial charge is 1.00 e. The molecule has 0 rings (SSSR count). The van der Waals surface area contributed by atoms with Gasteiger partial charge in [-0.3, -0.25) is 0 Å². The molecule has 3 nitrogen and oxygen atoms in total. The van der Waals surface area contributed by atoms with Crippen LogP contribution in [0, 0.1) is 32.0 Å². The van der Waals surface area contributed by atoms with Crippen LogP contribution < -0.4 is 0 Å². The Hall–Kier alpha value is 0.780. The molecule has 0 radical (unpaired) electrons. The molecular formula is C3H5CaN3S3. The van der Waals surface area contributed by atoms with Gasteiger partial charge in [-0.2, -0.15) is 15.8 Å². The third-order valence-corrected chi connectivity index (χ3v) is 0. The van der Waals surface area contributed by atoms with Crippen molar-refractivity contribution in [2.24, 2.45) is 0 Å². The normalized spacial score (nSPS) is 2.40. The first-order valence-electron chi connectivity index (χ1n) is 1.34. The van der Waals surface area contributed by atoms with Crippen LogP contribution in [0.2, 0.25) is 0 Å². The molecule has 10 heavy (non-hydrogen) atoms. The fraction of sp³-hybridized carbons (Fsp3) is 0. The molecule has 0 unspecified atom stereocenters. The van der Waals surface area contributed by atoms with E-state index in [1.54, 1.807) is 0 Å². The zero-order chi connectivity index (χ0) is 8.12. The van der Waals surface area contributed by atoms with Crippen molar-refractivity contribution in [1.29, 1.82) is 15.8 Å². The Kier molecular flexibility index (Phi) is 118. The molecule has 0 amide bonds. The average Bonchev–Trinajstić information content (AvgIpc) is 1.70. The van der Waals surface area contributed by atoms with Crippen LogP contribution in [0.15, 0.2) is 0 Å². The van der Waals surface area contributed by atoms with Gasteiger partial charge in [-0.15, -0.1) is 0 Å². The molecule has 0 bridgehead atoms. The molecule has 0 spiro atoms. The van der Waals surface area contributed by atoms with Crippen LogP contribution in [0.25, 0.3) is 0 Å². The molecule has 0 aromatic heterocycles. The molecule has 0 aliphatic heterocycles. The summed E-state index contributed by atoms with van der Waals surface area (Å²) in [6, 6.07) is 0. The van der Waals surface area contributed by atoms with E-state index in [-0.39, 0.29) is 40.6 Å². The van der Waals surface area contributed by atoms with Gasteiger partial charge in [0, 0.05) is 0 Å². The minimum Gasteiger partial charge on any atom is -1.00 e. The summed E-state index contributed by atoms with van der Waals surface area (Å²) in [6.07, 6.45) is 0. The van der Waals surface area contributed by atoms with E-state index >= 15 is 0 Å². The van der Waals surface area contributed by atoms with Gasteiger partial charge < -0.3 is 2.85 Å². The van der Waals surface area contributed by atoms with Crippen molar-refractivity contribution in [1.82, 2.24) is 0 Å². The van der Waals surface area contributed by atoms with Gasteiger partial charge in [-0.1, -0.05) is 37.9 Å². The van der Waals surface area contributed by atoms with Gasteiger partial charge >= 0.3 is 37.7 Å². The number of nitrogens with zero attached hydrogens (tertiary/aromatic N) is 3. The Morgan fingerprint density at radius 1 is 0.800 bits per heavy atom. The molecule has 0 N–H and O–H groups in total. The Morgan fingerprint density at radius 2 is 0.800 bits per heavy atom. The first kappa shape index (κ1) is 22.4. The number of thiocyanates is 3. The van der Waals surface area contributed by atoms with Crippen molar-refractivity contribution in [3.8, 4) is 16.2 Å². The van der Waals surface area contributed by atoms with Crippen molar-refractivity contribution >= 4 is 75.6 Å². The summed E-state index contributed by atoms with van der Waals surface area (Å²) in [5.74, 6) is 0. The molecule has 0 saturated carbocycles. The van der Waals surface area contributed by atoms with Crippen LogP contribution in [0.1, 0.15) is 2.85 Å². The van der Waals surface area contributed by atoms with Crippen molar-refractivity contribution < 1.29 is 2.85 Å². The fourth-order valence-corrected chi connectivity index (χ4v) is 0. The van der Waals surface area contributed by atoms with Crippen LogP contribution in [0.5, 0.6) is 0 Å². The Labute approximate surface area is 109 Å². The summed E-state index contributed by atoms with van der Waals surface area (Å²) in [5, 5.41) is 25.9. The second-order valence-electron chi connectivity index (χ2n) is 0.300. The van der Waals surface area contributed by atoms with Crippen LogP contribution in [0.4, 0.5) is 0 Å². The summed E-state index contributed by atoms with van der Waals surface area (Å²) in [5.41, 5.74) is 0. The zero-order valence-corrected chi connectivity index (χ0v) is 9.78. The second-order valence-corrected chi connectivity index (χ2v) is 0.900. The van der Waals surface area contributed by atoms with Crippen molar-refractivity contribution in [3.05, 3.63) is 0 Å². The monoisotopic (exact) mass is 219 g/mol. The molecule has 7 heteroatoms. The largest absolute Gasteiger partial charge is 2.00 e. The predicted octanol–water partition coefficient (Wildman–Crippen LogP) is 1.04. The molecule has 0 aliphatic carbocycles. The summed E-state index contributed by atoms with van der Waals surface area (Å²) >= 11 is 9.28. The predicted molar refractivity (Wildman–Crippen MR) is 51.8 cm³/mol. The summed E-state index contributed by atoms with van der Waals surface area (Å²) in [4.78, 5) is 0. The topological polar surface area (TPSA) is 71.4 Å². The summed E-state index contributed by atoms with van der Waals surface area (Å²) in [7, 11) is 0. The van der Waals surface area contributed by atoms with Crippen LogP contribution in [-0.4, -0.2) is 37.7 Å². The molecule has 0 fully saturated rings. The number of nitriles is 3. The maximum absolute atomic E-state index is 7.18. The quantitative estimate of drug-likeness (QED) is 0.324. The number of rotatable bonds is 0. The van der Waals surface area contributed by atoms with Crippen LogP contribution in [0.3, 0.4) is 0 Å². The van der Waals surface area contributed by atoms with Crippen LogP contribution in [-0.2, 0) is 0 Å². The number of thiol groups is 3.